The fraction of sp³-hybridized carbons (Fsp3) is 0.267. The number of amides is 2. The molecule has 6 nitrogen and oxygen atoms in total. The van der Waals surface area contributed by atoms with E-state index in [1.807, 2.05) is 26.0 Å². The minimum absolute atomic E-state index is 0.219. The van der Waals surface area contributed by atoms with Crippen LogP contribution in [0.1, 0.15) is 39.0 Å². The van der Waals surface area contributed by atoms with Gasteiger partial charge in [-0.3, -0.25) is 14.3 Å². The van der Waals surface area contributed by atoms with Crippen LogP contribution in [0.2, 0.25) is 0 Å². The van der Waals surface area contributed by atoms with Gasteiger partial charge in [0.05, 0.1) is 11.4 Å². The SMILES string of the molecule is CCn1nc(C)c(NC(=O)c2cccc(C)c2)c1C(N)=O. The van der Waals surface area contributed by atoms with Crippen LogP contribution in [-0.4, -0.2) is 21.6 Å². The van der Waals surface area contributed by atoms with E-state index >= 15 is 0 Å². The van der Waals surface area contributed by atoms with Crippen molar-refractivity contribution in [1.29, 1.82) is 0 Å². The molecule has 0 aliphatic rings. The highest BCUT2D eigenvalue weighted by molar-refractivity contribution is 6.08. The molecular weight excluding hydrogens is 268 g/mol. The molecule has 0 atom stereocenters. The van der Waals surface area contributed by atoms with Crippen LogP contribution in [0.5, 0.6) is 0 Å². The molecule has 0 aliphatic carbocycles. The number of aryl methyl sites for hydroxylation is 3. The Bertz CT molecular complexity index is 704. The van der Waals surface area contributed by atoms with Gasteiger partial charge in [-0.05, 0) is 32.9 Å². The molecule has 1 heterocycles. The average molecular weight is 286 g/mol. The van der Waals surface area contributed by atoms with Gasteiger partial charge in [0.1, 0.15) is 5.69 Å². The van der Waals surface area contributed by atoms with Crippen LogP contribution in [0, 0.1) is 13.8 Å². The number of nitrogens with two attached hydrogens (primary N) is 1. The van der Waals surface area contributed by atoms with Crippen molar-refractivity contribution in [2.24, 2.45) is 5.73 Å². The van der Waals surface area contributed by atoms with Crippen LogP contribution >= 0.6 is 0 Å². The zero-order chi connectivity index (χ0) is 15.6. The van der Waals surface area contributed by atoms with Gasteiger partial charge in [0.25, 0.3) is 11.8 Å². The smallest absolute Gasteiger partial charge is 0.269 e. The Balaban J connectivity index is 2.37. The lowest BCUT2D eigenvalue weighted by molar-refractivity contribution is 0.0991. The van der Waals surface area contributed by atoms with Gasteiger partial charge in [0.2, 0.25) is 0 Å². The van der Waals surface area contributed by atoms with Gasteiger partial charge in [0, 0.05) is 12.1 Å². The van der Waals surface area contributed by atoms with Crippen LogP contribution in [-0.2, 0) is 6.54 Å². The molecule has 3 N–H and O–H groups in total. The van der Waals surface area contributed by atoms with Gasteiger partial charge < -0.3 is 11.1 Å². The second-order valence-electron chi connectivity index (χ2n) is 4.81. The van der Waals surface area contributed by atoms with E-state index in [0.29, 0.717) is 23.5 Å². The number of carbonyl (C=O) groups excluding carboxylic acids is 2. The summed E-state index contributed by atoms with van der Waals surface area (Å²) in [5.41, 5.74) is 8.05. The molecule has 21 heavy (non-hydrogen) atoms. The fourth-order valence-electron chi connectivity index (χ4n) is 2.18. The summed E-state index contributed by atoms with van der Waals surface area (Å²) in [7, 11) is 0. The molecule has 0 spiro atoms. The number of hydrogen-bond acceptors (Lipinski definition) is 3. The molecule has 0 fully saturated rings. The second kappa shape index (κ2) is 5.78. The van der Waals surface area contributed by atoms with Crippen molar-refractivity contribution in [1.82, 2.24) is 9.78 Å². The monoisotopic (exact) mass is 286 g/mol. The first-order valence-corrected chi connectivity index (χ1v) is 6.69. The Hall–Kier alpha value is -2.63. The molecule has 2 rings (SSSR count). The third kappa shape index (κ3) is 2.94. The van der Waals surface area contributed by atoms with Crippen molar-refractivity contribution in [3.8, 4) is 0 Å². The molecule has 2 aromatic rings. The molecular formula is C15H18N4O2. The van der Waals surface area contributed by atoms with Crippen molar-refractivity contribution in [3.05, 3.63) is 46.8 Å². The summed E-state index contributed by atoms with van der Waals surface area (Å²) in [4.78, 5) is 23.9. The number of primary amides is 1. The molecule has 0 aliphatic heterocycles. The number of anilines is 1. The average Bonchev–Trinajstić information content (AvgIpc) is 2.75. The predicted octanol–water partition coefficient (Wildman–Crippen LogP) is 1.87. The Morgan fingerprint density at radius 1 is 1.33 bits per heavy atom. The molecule has 0 bridgehead atoms. The Morgan fingerprint density at radius 3 is 2.62 bits per heavy atom. The maximum absolute atomic E-state index is 12.3. The van der Waals surface area contributed by atoms with Crippen molar-refractivity contribution in [3.63, 3.8) is 0 Å². The van der Waals surface area contributed by atoms with Crippen molar-refractivity contribution < 1.29 is 9.59 Å². The number of benzene rings is 1. The first kappa shape index (κ1) is 14.8. The summed E-state index contributed by atoms with van der Waals surface area (Å²) in [5, 5.41) is 6.95. The van der Waals surface area contributed by atoms with E-state index in [1.165, 1.54) is 4.68 Å². The third-order valence-corrected chi connectivity index (χ3v) is 3.18. The molecule has 6 heteroatoms. The third-order valence-electron chi connectivity index (χ3n) is 3.18. The van der Waals surface area contributed by atoms with E-state index in [-0.39, 0.29) is 11.6 Å². The van der Waals surface area contributed by atoms with E-state index < -0.39 is 5.91 Å². The standard InChI is InChI=1S/C15H18N4O2/c1-4-19-13(14(16)20)12(10(3)18-19)17-15(21)11-7-5-6-9(2)8-11/h5-8H,4H2,1-3H3,(H2,16,20)(H,17,21). The van der Waals surface area contributed by atoms with E-state index in [9.17, 15) is 9.59 Å². The van der Waals surface area contributed by atoms with Crippen molar-refractivity contribution >= 4 is 17.5 Å². The lowest BCUT2D eigenvalue weighted by atomic mass is 10.1. The molecule has 0 saturated carbocycles. The number of hydrogen-bond donors (Lipinski definition) is 2. The van der Waals surface area contributed by atoms with Gasteiger partial charge in [-0.25, -0.2) is 0 Å². The van der Waals surface area contributed by atoms with Crippen molar-refractivity contribution in [2.75, 3.05) is 5.32 Å². The van der Waals surface area contributed by atoms with E-state index in [1.54, 1.807) is 19.1 Å². The zero-order valence-corrected chi connectivity index (χ0v) is 12.3. The largest absolute Gasteiger partial charge is 0.364 e. The summed E-state index contributed by atoms with van der Waals surface area (Å²) in [6, 6.07) is 7.21. The zero-order valence-electron chi connectivity index (χ0n) is 12.3. The second-order valence-corrected chi connectivity index (χ2v) is 4.81. The van der Waals surface area contributed by atoms with E-state index in [2.05, 4.69) is 10.4 Å². The highest BCUT2D eigenvalue weighted by Gasteiger charge is 2.21. The Labute approximate surface area is 122 Å². The summed E-state index contributed by atoms with van der Waals surface area (Å²) in [6.45, 7) is 5.99. The Morgan fingerprint density at radius 2 is 2.05 bits per heavy atom. The van der Waals surface area contributed by atoms with Gasteiger partial charge in [-0.15, -0.1) is 0 Å². The molecule has 1 aromatic carbocycles. The van der Waals surface area contributed by atoms with Gasteiger partial charge in [0.15, 0.2) is 0 Å². The van der Waals surface area contributed by atoms with Crippen LogP contribution in [0.3, 0.4) is 0 Å². The van der Waals surface area contributed by atoms with E-state index in [4.69, 9.17) is 5.73 Å². The number of nitrogens with one attached hydrogen (secondary N) is 1. The number of aromatic nitrogens is 2. The fourth-order valence-corrected chi connectivity index (χ4v) is 2.18. The first-order valence-electron chi connectivity index (χ1n) is 6.69. The molecule has 0 saturated heterocycles. The number of rotatable bonds is 4. The van der Waals surface area contributed by atoms with Crippen LogP contribution in [0.4, 0.5) is 5.69 Å². The van der Waals surface area contributed by atoms with Crippen LogP contribution in [0.25, 0.3) is 0 Å². The summed E-state index contributed by atoms with van der Waals surface area (Å²) >= 11 is 0. The lowest BCUT2D eigenvalue weighted by Crippen LogP contribution is -2.21. The van der Waals surface area contributed by atoms with Gasteiger partial charge in [-0.2, -0.15) is 5.10 Å². The summed E-state index contributed by atoms with van der Waals surface area (Å²) in [5.74, 6) is -0.906. The maximum Gasteiger partial charge on any atom is 0.269 e. The molecule has 2 amide bonds. The number of carbonyl (C=O) groups is 2. The first-order chi connectivity index (χ1) is 9.93. The quantitative estimate of drug-likeness (QED) is 0.899. The highest BCUT2D eigenvalue weighted by Crippen LogP contribution is 2.21. The van der Waals surface area contributed by atoms with Gasteiger partial charge >= 0.3 is 0 Å². The highest BCUT2D eigenvalue weighted by atomic mass is 16.2. The predicted molar refractivity (Wildman–Crippen MR) is 80.3 cm³/mol. The minimum Gasteiger partial charge on any atom is -0.364 e. The van der Waals surface area contributed by atoms with Crippen LogP contribution in [0.15, 0.2) is 24.3 Å². The number of nitrogens with zero attached hydrogens (tertiary/aromatic N) is 2. The molecule has 1 aromatic heterocycles. The summed E-state index contributed by atoms with van der Waals surface area (Å²) < 4.78 is 1.49. The van der Waals surface area contributed by atoms with Gasteiger partial charge in [-0.1, -0.05) is 17.7 Å². The molecule has 110 valence electrons. The molecule has 0 unspecified atom stereocenters. The lowest BCUT2D eigenvalue weighted by Gasteiger charge is -2.07. The molecule has 0 radical (unpaired) electrons. The minimum atomic E-state index is -0.614. The van der Waals surface area contributed by atoms with E-state index in [0.717, 1.165) is 5.56 Å². The maximum atomic E-state index is 12.3. The topological polar surface area (TPSA) is 90.0 Å². The van der Waals surface area contributed by atoms with Crippen LogP contribution < -0.4 is 11.1 Å². The Kier molecular flexibility index (Phi) is 4.07. The normalized spacial score (nSPS) is 10.4. The van der Waals surface area contributed by atoms with Crippen molar-refractivity contribution in [2.45, 2.75) is 27.3 Å². The summed E-state index contributed by atoms with van der Waals surface area (Å²) in [6.07, 6.45) is 0.